The van der Waals surface area contributed by atoms with Gasteiger partial charge in [0.2, 0.25) is 0 Å². The number of unbranched alkanes of at least 4 members (excludes halogenated alkanes) is 3. The lowest BCUT2D eigenvalue weighted by Crippen LogP contribution is -2.29. The molecule has 5 nitrogen and oxygen atoms in total. The molecule has 110 valence electrons. The summed E-state index contributed by atoms with van der Waals surface area (Å²) in [6.45, 7) is 0.618. The Balaban J connectivity index is 1.96. The van der Waals surface area contributed by atoms with Gasteiger partial charge in [0, 0.05) is 13.0 Å². The fourth-order valence-electron chi connectivity index (χ4n) is 1.70. The Morgan fingerprint density at radius 3 is 2.45 bits per heavy atom. The molecule has 0 spiro atoms. The van der Waals surface area contributed by atoms with Gasteiger partial charge in [0.1, 0.15) is 5.75 Å². The van der Waals surface area contributed by atoms with E-state index in [1.165, 1.54) is 0 Å². The van der Waals surface area contributed by atoms with Gasteiger partial charge in [-0.2, -0.15) is 0 Å². The highest BCUT2D eigenvalue weighted by atomic mass is 16.5. The van der Waals surface area contributed by atoms with Crippen molar-refractivity contribution in [2.45, 2.75) is 32.1 Å². The number of carboxylic acids is 1. The number of amides is 1. The first kappa shape index (κ1) is 16.0. The molecule has 0 aliphatic rings. The largest absolute Gasteiger partial charge is 0.484 e. The molecule has 2 N–H and O–H groups in total. The number of carbonyl (C=O) groups excluding carboxylic acids is 1. The van der Waals surface area contributed by atoms with E-state index in [0.29, 0.717) is 18.7 Å². The van der Waals surface area contributed by atoms with Crippen molar-refractivity contribution in [1.82, 2.24) is 5.32 Å². The summed E-state index contributed by atoms with van der Waals surface area (Å²) < 4.78 is 5.31. The van der Waals surface area contributed by atoms with Crippen LogP contribution in [0.3, 0.4) is 0 Å². The molecule has 0 radical (unpaired) electrons. The predicted octanol–water partition coefficient (Wildman–Crippen LogP) is 2.22. The molecule has 0 atom stereocenters. The van der Waals surface area contributed by atoms with Gasteiger partial charge in [-0.1, -0.05) is 31.0 Å². The Labute approximate surface area is 118 Å². The third kappa shape index (κ3) is 8.13. The van der Waals surface area contributed by atoms with E-state index in [2.05, 4.69) is 5.32 Å². The number of nitrogens with one attached hydrogen (secondary N) is 1. The lowest BCUT2D eigenvalue weighted by Gasteiger charge is -2.07. The van der Waals surface area contributed by atoms with Crippen molar-refractivity contribution in [2.75, 3.05) is 13.2 Å². The van der Waals surface area contributed by atoms with Gasteiger partial charge in [0.25, 0.3) is 5.91 Å². The van der Waals surface area contributed by atoms with Gasteiger partial charge in [-0.3, -0.25) is 9.59 Å². The number of carbonyl (C=O) groups is 2. The van der Waals surface area contributed by atoms with Crippen molar-refractivity contribution >= 4 is 11.9 Å². The first-order valence-electron chi connectivity index (χ1n) is 6.85. The molecule has 0 aliphatic heterocycles. The average molecular weight is 279 g/mol. The summed E-state index contributed by atoms with van der Waals surface area (Å²) in [5, 5.41) is 11.2. The molecule has 0 aliphatic carbocycles. The highest BCUT2D eigenvalue weighted by Gasteiger charge is 2.02. The van der Waals surface area contributed by atoms with Crippen molar-refractivity contribution in [2.24, 2.45) is 0 Å². The van der Waals surface area contributed by atoms with Crippen molar-refractivity contribution < 1.29 is 19.4 Å². The fourth-order valence-corrected chi connectivity index (χ4v) is 1.70. The molecule has 1 aromatic carbocycles. The van der Waals surface area contributed by atoms with Crippen LogP contribution in [0.1, 0.15) is 32.1 Å². The average Bonchev–Trinajstić information content (AvgIpc) is 2.45. The molecule has 1 rings (SSSR count). The molecule has 1 amide bonds. The van der Waals surface area contributed by atoms with Crippen molar-refractivity contribution in [1.29, 1.82) is 0 Å². The molecule has 0 unspecified atom stereocenters. The Kier molecular flexibility index (Phi) is 7.87. The van der Waals surface area contributed by atoms with Crippen LogP contribution < -0.4 is 10.1 Å². The first-order valence-corrected chi connectivity index (χ1v) is 6.85. The van der Waals surface area contributed by atoms with Crippen molar-refractivity contribution in [3.63, 3.8) is 0 Å². The van der Waals surface area contributed by atoms with Crippen LogP contribution >= 0.6 is 0 Å². The van der Waals surface area contributed by atoms with E-state index in [1.54, 1.807) is 12.1 Å². The maximum atomic E-state index is 11.5. The molecule has 5 heteroatoms. The summed E-state index contributed by atoms with van der Waals surface area (Å²) in [4.78, 5) is 21.8. The summed E-state index contributed by atoms with van der Waals surface area (Å²) in [6, 6.07) is 9.19. The molecule has 20 heavy (non-hydrogen) atoms. The third-order valence-electron chi connectivity index (χ3n) is 2.75. The van der Waals surface area contributed by atoms with Crippen LogP contribution in [-0.2, 0) is 9.59 Å². The van der Waals surface area contributed by atoms with Gasteiger partial charge in [0.15, 0.2) is 6.61 Å². The molecule has 0 heterocycles. The topological polar surface area (TPSA) is 75.6 Å². The monoisotopic (exact) mass is 279 g/mol. The van der Waals surface area contributed by atoms with Gasteiger partial charge in [0.05, 0.1) is 0 Å². The Hall–Kier alpha value is -2.04. The zero-order valence-electron chi connectivity index (χ0n) is 11.5. The van der Waals surface area contributed by atoms with E-state index in [1.807, 2.05) is 18.2 Å². The minimum atomic E-state index is -0.753. The fraction of sp³-hybridized carbons (Fsp3) is 0.467. The second-order valence-corrected chi connectivity index (χ2v) is 4.51. The van der Waals surface area contributed by atoms with Gasteiger partial charge in [-0.25, -0.2) is 0 Å². The minimum Gasteiger partial charge on any atom is -0.484 e. The van der Waals surface area contributed by atoms with Gasteiger partial charge in [-0.05, 0) is 25.0 Å². The summed E-state index contributed by atoms with van der Waals surface area (Å²) >= 11 is 0. The SMILES string of the molecule is O=C(O)CCCCCCNC(=O)COc1ccccc1. The summed E-state index contributed by atoms with van der Waals surface area (Å²) in [7, 11) is 0. The molecule has 0 saturated carbocycles. The maximum Gasteiger partial charge on any atom is 0.303 e. The molecule has 0 aromatic heterocycles. The Morgan fingerprint density at radius 2 is 1.75 bits per heavy atom. The quantitative estimate of drug-likeness (QED) is 0.644. The van der Waals surface area contributed by atoms with Crippen LogP contribution in [0.2, 0.25) is 0 Å². The lowest BCUT2D eigenvalue weighted by atomic mass is 10.1. The predicted molar refractivity (Wildman–Crippen MR) is 75.7 cm³/mol. The molecular formula is C15H21NO4. The number of carboxylic acid groups (broad SMARTS) is 1. The number of ether oxygens (including phenoxy) is 1. The van der Waals surface area contributed by atoms with E-state index in [4.69, 9.17) is 9.84 Å². The molecule has 1 aromatic rings. The normalized spacial score (nSPS) is 10.0. The van der Waals surface area contributed by atoms with E-state index in [9.17, 15) is 9.59 Å². The summed E-state index contributed by atoms with van der Waals surface area (Å²) in [5.74, 6) is -0.216. The first-order chi connectivity index (χ1) is 9.68. The molecule has 0 fully saturated rings. The van der Waals surface area contributed by atoms with Crippen molar-refractivity contribution in [3.05, 3.63) is 30.3 Å². The smallest absolute Gasteiger partial charge is 0.303 e. The number of rotatable bonds is 10. The Bertz CT molecular complexity index is 406. The maximum absolute atomic E-state index is 11.5. The summed E-state index contributed by atoms with van der Waals surface area (Å²) in [5.41, 5.74) is 0. The van der Waals surface area contributed by atoms with Crippen LogP contribution in [-0.4, -0.2) is 30.1 Å². The standard InChI is InChI=1S/C15H21NO4/c17-14(12-20-13-8-4-3-5-9-13)16-11-7-2-1-6-10-15(18)19/h3-5,8-9H,1-2,6-7,10-12H2,(H,16,17)(H,18,19). The van der Waals surface area contributed by atoms with E-state index < -0.39 is 5.97 Å². The lowest BCUT2D eigenvalue weighted by molar-refractivity contribution is -0.137. The zero-order chi connectivity index (χ0) is 14.6. The molecular weight excluding hydrogens is 258 g/mol. The van der Waals surface area contributed by atoms with E-state index >= 15 is 0 Å². The summed E-state index contributed by atoms with van der Waals surface area (Å²) in [6.07, 6.45) is 3.57. The van der Waals surface area contributed by atoms with Crippen LogP contribution in [0.15, 0.2) is 30.3 Å². The van der Waals surface area contributed by atoms with Gasteiger partial charge < -0.3 is 15.2 Å². The second-order valence-electron chi connectivity index (χ2n) is 4.51. The number of aliphatic carboxylic acids is 1. The number of hydrogen-bond acceptors (Lipinski definition) is 3. The van der Waals surface area contributed by atoms with Gasteiger partial charge >= 0.3 is 5.97 Å². The third-order valence-corrected chi connectivity index (χ3v) is 2.75. The molecule has 0 bridgehead atoms. The van der Waals surface area contributed by atoms with Crippen LogP contribution in [0.5, 0.6) is 5.75 Å². The van der Waals surface area contributed by atoms with Crippen LogP contribution in [0, 0.1) is 0 Å². The van der Waals surface area contributed by atoms with E-state index in [-0.39, 0.29) is 18.9 Å². The number of para-hydroxylation sites is 1. The van der Waals surface area contributed by atoms with Gasteiger partial charge in [-0.15, -0.1) is 0 Å². The highest BCUT2D eigenvalue weighted by Crippen LogP contribution is 2.07. The van der Waals surface area contributed by atoms with Crippen LogP contribution in [0.4, 0.5) is 0 Å². The minimum absolute atomic E-state index is 0.0169. The van der Waals surface area contributed by atoms with E-state index in [0.717, 1.165) is 19.3 Å². The second kappa shape index (κ2) is 9.83. The van der Waals surface area contributed by atoms with Crippen LogP contribution in [0.25, 0.3) is 0 Å². The zero-order valence-corrected chi connectivity index (χ0v) is 11.5. The van der Waals surface area contributed by atoms with Crippen molar-refractivity contribution in [3.8, 4) is 5.75 Å². The molecule has 0 saturated heterocycles. The number of hydrogen-bond donors (Lipinski definition) is 2. The highest BCUT2D eigenvalue weighted by molar-refractivity contribution is 5.77. The number of benzene rings is 1. The Morgan fingerprint density at radius 1 is 1.05 bits per heavy atom.